The standard InChI is InChI=1S/C12H15N3OS/c13-8-12(4-2-1-3-5-12)11(16)14-6-10-7-17-9-15-10/h7,9H,1-6H2,(H,14,16). The third-order valence-electron chi connectivity index (χ3n) is 3.27. The van der Waals surface area contributed by atoms with Gasteiger partial charge in [-0.1, -0.05) is 19.3 Å². The highest BCUT2D eigenvalue weighted by atomic mass is 32.1. The highest BCUT2D eigenvalue weighted by molar-refractivity contribution is 7.07. The molecule has 0 aliphatic heterocycles. The Bertz CT molecular complexity index is 415. The maximum absolute atomic E-state index is 12.1. The summed E-state index contributed by atoms with van der Waals surface area (Å²) in [7, 11) is 0. The number of rotatable bonds is 3. The van der Waals surface area contributed by atoms with Crippen molar-refractivity contribution in [1.29, 1.82) is 5.26 Å². The molecule has 0 bridgehead atoms. The minimum absolute atomic E-state index is 0.132. The molecule has 1 amide bonds. The average molecular weight is 249 g/mol. The van der Waals surface area contributed by atoms with Crippen molar-refractivity contribution in [2.45, 2.75) is 38.6 Å². The maximum Gasteiger partial charge on any atom is 0.240 e. The van der Waals surface area contributed by atoms with E-state index in [-0.39, 0.29) is 5.91 Å². The molecule has 1 saturated carbocycles. The van der Waals surface area contributed by atoms with Gasteiger partial charge in [-0.2, -0.15) is 5.26 Å². The topological polar surface area (TPSA) is 65.8 Å². The lowest BCUT2D eigenvalue weighted by molar-refractivity contribution is -0.129. The van der Waals surface area contributed by atoms with E-state index >= 15 is 0 Å². The number of aromatic nitrogens is 1. The summed E-state index contributed by atoms with van der Waals surface area (Å²) in [6, 6.07) is 2.22. The van der Waals surface area contributed by atoms with Gasteiger partial charge in [-0.15, -0.1) is 11.3 Å². The molecule has 0 saturated heterocycles. The van der Waals surface area contributed by atoms with Crippen LogP contribution in [0.5, 0.6) is 0 Å². The SMILES string of the molecule is N#CC1(C(=O)NCc2cscn2)CCCCC1. The highest BCUT2D eigenvalue weighted by Gasteiger charge is 2.39. The van der Waals surface area contributed by atoms with E-state index in [4.69, 9.17) is 0 Å². The molecule has 0 aromatic carbocycles. The van der Waals surface area contributed by atoms with Gasteiger partial charge < -0.3 is 5.32 Å². The second-order valence-electron chi connectivity index (χ2n) is 4.42. The van der Waals surface area contributed by atoms with Gasteiger partial charge in [0, 0.05) is 5.38 Å². The Labute approximate surface area is 105 Å². The van der Waals surface area contributed by atoms with Crippen LogP contribution >= 0.6 is 11.3 Å². The first-order valence-corrected chi connectivity index (χ1v) is 6.78. The zero-order valence-electron chi connectivity index (χ0n) is 9.61. The minimum atomic E-state index is -0.797. The summed E-state index contributed by atoms with van der Waals surface area (Å²) < 4.78 is 0. The molecule has 0 radical (unpaired) electrons. The van der Waals surface area contributed by atoms with E-state index in [1.54, 1.807) is 5.51 Å². The summed E-state index contributed by atoms with van der Waals surface area (Å²) >= 11 is 1.50. The lowest BCUT2D eigenvalue weighted by Gasteiger charge is -2.28. The number of nitriles is 1. The fourth-order valence-electron chi connectivity index (χ4n) is 2.21. The first-order valence-electron chi connectivity index (χ1n) is 5.83. The van der Waals surface area contributed by atoms with Gasteiger partial charge in [0.25, 0.3) is 0 Å². The summed E-state index contributed by atoms with van der Waals surface area (Å²) in [5, 5.41) is 14.0. The summed E-state index contributed by atoms with van der Waals surface area (Å²) in [5.74, 6) is -0.132. The highest BCUT2D eigenvalue weighted by Crippen LogP contribution is 2.35. The van der Waals surface area contributed by atoms with E-state index in [0.717, 1.165) is 25.0 Å². The first-order chi connectivity index (χ1) is 8.27. The fourth-order valence-corrected chi connectivity index (χ4v) is 2.77. The number of hydrogen-bond acceptors (Lipinski definition) is 4. The molecular weight excluding hydrogens is 234 g/mol. The molecule has 1 aromatic heterocycles. The van der Waals surface area contributed by atoms with E-state index in [0.29, 0.717) is 19.4 Å². The second kappa shape index (κ2) is 5.28. The van der Waals surface area contributed by atoms with Crippen LogP contribution < -0.4 is 5.32 Å². The molecule has 0 unspecified atom stereocenters. The van der Waals surface area contributed by atoms with Crippen LogP contribution in [0.2, 0.25) is 0 Å². The zero-order chi connectivity index (χ0) is 12.1. The lowest BCUT2D eigenvalue weighted by Crippen LogP contribution is -2.41. The van der Waals surface area contributed by atoms with Crippen LogP contribution in [-0.4, -0.2) is 10.9 Å². The number of thiazole rings is 1. The van der Waals surface area contributed by atoms with Crippen molar-refractivity contribution in [1.82, 2.24) is 10.3 Å². The van der Waals surface area contributed by atoms with Gasteiger partial charge in [-0.05, 0) is 12.8 Å². The fraction of sp³-hybridized carbons (Fsp3) is 0.583. The Hall–Kier alpha value is -1.41. The van der Waals surface area contributed by atoms with Crippen LogP contribution in [0.3, 0.4) is 0 Å². The van der Waals surface area contributed by atoms with Crippen LogP contribution in [-0.2, 0) is 11.3 Å². The monoisotopic (exact) mass is 249 g/mol. The van der Waals surface area contributed by atoms with Gasteiger partial charge in [0.15, 0.2) is 0 Å². The van der Waals surface area contributed by atoms with E-state index in [1.807, 2.05) is 5.38 Å². The molecule has 1 N–H and O–H groups in total. The van der Waals surface area contributed by atoms with Crippen molar-refractivity contribution in [3.05, 3.63) is 16.6 Å². The Morgan fingerprint density at radius 1 is 1.53 bits per heavy atom. The van der Waals surface area contributed by atoms with Crippen LogP contribution in [0.25, 0.3) is 0 Å². The molecule has 17 heavy (non-hydrogen) atoms. The first kappa shape index (κ1) is 12.1. The summed E-state index contributed by atoms with van der Waals surface area (Å²) in [4.78, 5) is 16.2. The minimum Gasteiger partial charge on any atom is -0.349 e. The Morgan fingerprint density at radius 2 is 2.29 bits per heavy atom. The van der Waals surface area contributed by atoms with Crippen molar-refractivity contribution in [3.8, 4) is 6.07 Å². The smallest absolute Gasteiger partial charge is 0.240 e. The number of hydrogen-bond donors (Lipinski definition) is 1. The van der Waals surface area contributed by atoms with E-state index in [9.17, 15) is 10.1 Å². The van der Waals surface area contributed by atoms with Crippen molar-refractivity contribution in [3.63, 3.8) is 0 Å². The molecule has 1 fully saturated rings. The normalized spacial score (nSPS) is 18.3. The molecule has 0 atom stereocenters. The van der Waals surface area contributed by atoms with E-state index in [1.165, 1.54) is 11.3 Å². The van der Waals surface area contributed by atoms with Gasteiger partial charge in [0.2, 0.25) is 5.91 Å². The van der Waals surface area contributed by atoms with Crippen molar-refractivity contribution < 1.29 is 4.79 Å². The number of carbonyl (C=O) groups is 1. The van der Waals surface area contributed by atoms with Gasteiger partial charge in [-0.25, -0.2) is 4.98 Å². The van der Waals surface area contributed by atoms with E-state index in [2.05, 4.69) is 16.4 Å². The van der Waals surface area contributed by atoms with Crippen LogP contribution in [0.15, 0.2) is 10.9 Å². The Kier molecular flexibility index (Phi) is 3.75. The molecule has 2 rings (SSSR count). The van der Waals surface area contributed by atoms with Crippen molar-refractivity contribution in [2.24, 2.45) is 5.41 Å². The number of nitrogens with zero attached hydrogens (tertiary/aromatic N) is 2. The molecule has 1 heterocycles. The maximum atomic E-state index is 12.1. The van der Waals surface area contributed by atoms with Crippen LogP contribution in [0.4, 0.5) is 0 Å². The number of carbonyl (C=O) groups excluding carboxylic acids is 1. The van der Waals surface area contributed by atoms with Gasteiger partial charge in [0.1, 0.15) is 5.41 Å². The molecular formula is C12H15N3OS. The number of amides is 1. The zero-order valence-corrected chi connectivity index (χ0v) is 10.4. The third-order valence-corrected chi connectivity index (χ3v) is 3.90. The van der Waals surface area contributed by atoms with Gasteiger partial charge in [-0.3, -0.25) is 4.79 Å². The van der Waals surface area contributed by atoms with E-state index < -0.39 is 5.41 Å². The molecule has 1 aliphatic carbocycles. The molecule has 1 aliphatic rings. The number of nitrogens with one attached hydrogen (secondary N) is 1. The average Bonchev–Trinajstić information content (AvgIpc) is 2.90. The summed E-state index contributed by atoms with van der Waals surface area (Å²) in [6.45, 7) is 0.422. The Balaban J connectivity index is 1.96. The predicted molar refractivity (Wildman–Crippen MR) is 65.1 cm³/mol. The van der Waals surface area contributed by atoms with Crippen LogP contribution in [0, 0.1) is 16.7 Å². The lowest BCUT2D eigenvalue weighted by atomic mass is 9.74. The molecule has 4 nitrogen and oxygen atoms in total. The van der Waals surface area contributed by atoms with Crippen LogP contribution in [0.1, 0.15) is 37.8 Å². The summed E-state index contributed by atoms with van der Waals surface area (Å²) in [5.41, 5.74) is 1.79. The van der Waals surface area contributed by atoms with Gasteiger partial charge in [0.05, 0.1) is 23.8 Å². The second-order valence-corrected chi connectivity index (χ2v) is 5.14. The predicted octanol–water partition coefficient (Wildman–Crippen LogP) is 2.23. The van der Waals surface area contributed by atoms with Gasteiger partial charge >= 0.3 is 0 Å². The molecule has 1 aromatic rings. The molecule has 5 heteroatoms. The molecule has 0 spiro atoms. The third kappa shape index (κ3) is 2.64. The Morgan fingerprint density at radius 3 is 2.88 bits per heavy atom. The molecule has 90 valence electrons. The largest absolute Gasteiger partial charge is 0.349 e. The van der Waals surface area contributed by atoms with Crippen molar-refractivity contribution >= 4 is 17.2 Å². The van der Waals surface area contributed by atoms with Crippen molar-refractivity contribution in [2.75, 3.05) is 0 Å². The summed E-state index contributed by atoms with van der Waals surface area (Å²) in [6.07, 6.45) is 4.44. The quantitative estimate of drug-likeness (QED) is 0.893.